The zero-order chi connectivity index (χ0) is 10.8. The average molecular weight is 193 g/mol. The number of hydrogen-bond acceptors (Lipinski definition) is 4. The molecule has 1 aromatic carbocycles. The van der Waals surface area contributed by atoms with E-state index < -0.39 is 0 Å². The van der Waals surface area contributed by atoms with Crippen LogP contribution in [0.15, 0.2) is 30.3 Å². The van der Waals surface area contributed by atoms with Crippen LogP contribution in [0.3, 0.4) is 0 Å². The van der Waals surface area contributed by atoms with Gasteiger partial charge in [-0.05, 0) is 19.1 Å². The molecule has 74 valence electrons. The first-order valence-electron chi connectivity index (χ1n) is 4.02. The molecule has 1 rings (SSSR count). The van der Waals surface area contributed by atoms with Gasteiger partial charge in [-0.15, -0.1) is 0 Å². The van der Waals surface area contributed by atoms with Crippen molar-refractivity contribution in [1.82, 2.24) is 0 Å². The minimum atomic E-state index is -0.256. The van der Waals surface area contributed by atoms with Crippen LogP contribution in [0.5, 0.6) is 0 Å². The van der Waals surface area contributed by atoms with Gasteiger partial charge in [-0.3, -0.25) is 0 Å². The molecule has 0 aliphatic carbocycles. The van der Waals surface area contributed by atoms with Gasteiger partial charge in [0.1, 0.15) is 0 Å². The van der Waals surface area contributed by atoms with Crippen LogP contribution < -0.4 is 0 Å². The normalized spacial score (nSPS) is 7.79. The Bertz CT molecular complexity index is 302. The van der Waals surface area contributed by atoms with E-state index >= 15 is 0 Å². The minimum absolute atomic E-state index is 0.256. The molecule has 0 saturated heterocycles. The predicted molar refractivity (Wildman–Crippen MR) is 50.8 cm³/mol. The van der Waals surface area contributed by atoms with Crippen molar-refractivity contribution in [3.05, 3.63) is 35.9 Å². The van der Waals surface area contributed by atoms with Crippen molar-refractivity contribution in [2.75, 3.05) is 6.61 Å². The van der Waals surface area contributed by atoms with Crippen molar-refractivity contribution < 1.29 is 14.3 Å². The molecule has 0 bridgehead atoms. The highest BCUT2D eigenvalue weighted by atomic mass is 16.5. The summed E-state index contributed by atoms with van der Waals surface area (Å²) in [4.78, 5) is 19.4. The van der Waals surface area contributed by atoms with E-state index in [2.05, 4.69) is 0 Å². The van der Waals surface area contributed by atoms with Gasteiger partial charge in [0.05, 0.1) is 12.2 Å². The molecule has 1 N–H and O–H groups in total. The van der Waals surface area contributed by atoms with Gasteiger partial charge in [-0.1, -0.05) is 18.2 Å². The Hall–Kier alpha value is -1.93. The third-order valence-electron chi connectivity index (χ3n) is 1.28. The van der Waals surface area contributed by atoms with Crippen LogP contribution in [0.2, 0.25) is 0 Å². The molecule has 14 heavy (non-hydrogen) atoms. The fraction of sp³-hybridized carbons (Fsp3) is 0.200. The Morgan fingerprint density at radius 3 is 2.36 bits per heavy atom. The zero-order valence-corrected chi connectivity index (χ0v) is 7.82. The van der Waals surface area contributed by atoms with E-state index in [1.807, 2.05) is 18.2 Å². The topological polar surface area (TPSA) is 67.2 Å². The predicted octanol–water partition coefficient (Wildman–Crippen LogP) is 1.76. The molecule has 0 fully saturated rings. The van der Waals surface area contributed by atoms with Gasteiger partial charge in [0, 0.05) is 0 Å². The monoisotopic (exact) mass is 193 g/mol. The summed E-state index contributed by atoms with van der Waals surface area (Å²) in [5.74, 6) is -0.256. The lowest BCUT2D eigenvalue weighted by Crippen LogP contribution is -2.03. The summed E-state index contributed by atoms with van der Waals surface area (Å²) < 4.78 is 4.79. The molecule has 0 heterocycles. The molecule has 4 heteroatoms. The summed E-state index contributed by atoms with van der Waals surface area (Å²) in [6, 6.07) is 8.96. The van der Waals surface area contributed by atoms with E-state index in [1.54, 1.807) is 19.1 Å². The van der Waals surface area contributed by atoms with Crippen LogP contribution in [0, 0.1) is 5.41 Å². The Kier molecular flexibility index (Phi) is 6.64. The lowest BCUT2D eigenvalue weighted by atomic mass is 10.2. The van der Waals surface area contributed by atoms with Crippen molar-refractivity contribution in [2.24, 2.45) is 0 Å². The standard InChI is InChI=1S/C9H10O2.CHNO/c1-2-11-9(10)8-6-4-3-5-7-8;2-1-3/h3-7H,2H2,1H3;2H. The molecule has 0 aliphatic rings. The molecular weight excluding hydrogens is 182 g/mol. The maximum Gasteiger partial charge on any atom is 0.338 e. The lowest BCUT2D eigenvalue weighted by Gasteiger charge is -1.99. The molecule has 0 spiro atoms. The Balaban J connectivity index is 0.000000500. The van der Waals surface area contributed by atoms with Gasteiger partial charge in [0.15, 0.2) is 0 Å². The molecule has 0 unspecified atom stereocenters. The van der Waals surface area contributed by atoms with Gasteiger partial charge >= 0.3 is 5.97 Å². The summed E-state index contributed by atoms with van der Waals surface area (Å²) in [5.41, 5.74) is 0.606. The Morgan fingerprint density at radius 2 is 1.93 bits per heavy atom. The van der Waals surface area contributed by atoms with Gasteiger partial charge < -0.3 is 4.74 Å². The summed E-state index contributed by atoms with van der Waals surface area (Å²) in [7, 11) is 0. The number of isocyanates is 1. The first-order chi connectivity index (χ1) is 6.76. The van der Waals surface area contributed by atoms with Crippen molar-refractivity contribution in [3.63, 3.8) is 0 Å². The SMILES string of the molecule is CCOC(=O)c1ccccc1.N=C=O. The molecule has 0 saturated carbocycles. The van der Waals surface area contributed by atoms with E-state index in [4.69, 9.17) is 14.9 Å². The molecule has 0 aliphatic heterocycles. The highest BCUT2D eigenvalue weighted by Crippen LogP contribution is 1.99. The van der Waals surface area contributed by atoms with Crippen molar-refractivity contribution in [2.45, 2.75) is 6.92 Å². The second-order valence-electron chi connectivity index (χ2n) is 2.19. The summed E-state index contributed by atoms with van der Waals surface area (Å²) in [5, 5.41) is 5.40. The van der Waals surface area contributed by atoms with Gasteiger partial charge in [-0.25, -0.2) is 15.0 Å². The largest absolute Gasteiger partial charge is 0.462 e. The first kappa shape index (κ1) is 12.1. The number of rotatable bonds is 2. The number of carbonyl (C=O) groups excluding carboxylic acids is 2. The van der Waals surface area contributed by atoms with Crippen LogP contribution in [-0.2, 0) is 9.53 Å². The highest BCUT2D eigenvalue weighted by Gasteiger charge is 2.02. The Morgan fingerprint density at radius 1 is 1.43 bits per heavy atom. The van der Waals surface area contributed by atoms with Crippen molar-refractivity contribution in [3.8, 4) is 0 Å². The van der Waals surface area contributed by atoms with E-state index in [-0.39, 0.29) is 5.97 Å². The molecule has 4 nitrogen and oxygen atoms in total. The lowest BCUT2D eigenvalue weighted by molar-refractivity contribution is 0.0526. The van der Waals surface area contributed by atoms with E-state index in [0.29, 0.717) is 12.2 Å². The van der Waals surface area contributed by atoms with Crippen molar-refractivity contribution in [1.29, 1.82) is 5.41 Å². The molecule has 0 aromatic heterocycles. The molecule has 1 aromatic rings. The second-order valence-corrected chi connectivity index (χ2v) is 2.19. The highest BCUT2D eigenvalue weighted by molar-refractivity contribution is 5.89. The zero-order valence-electron chi connectivity index (χ0n) is 7.82. The average Bonchev–Trinajstić information content (AvgIpc) is 2.21. The van der Waals surface area contributed by atoms with Gasteiger partial charge in [0.25, 0.3) is 0 Å². The maximum atomic E-state index is 11.0. The van der Waals surface area contributed by atoms with Gasteiger partial charge in [-0.2, -0.15) is 0 Å². The minimum Gasteiger partial charge on any atom is -0.462 e. The number of hydrogen-bond donors (Lipinski definition) is 1. The van der Waals surface area contributed by atoms with Crippen LogP contribution >= 0.6 is 0 Å². The fourth-order valence-electron chi connectivity index (χ4n) is 0.789. The third kappa shape index (κ3) is 4.85. The molecule has 0 atom stereocenters. The number of benzene rings is 1. The Labute approximate surface area is 82.0 Å². The number of ether oxygens (including phenoxy) is 1. The molecule has 0 radical (unpaired) electrons. The van der Waals surface area contributed by atoms with E-state index in [0.717, 1.165) is 6.08 Å². The summed E-state index contributed by atoms with van der Waals surface area (Å²) in [6.45, 7) is 2.22. The van der Waals surface area contributed by atoms with Crippen molar-refractivity contribution >= 4 is 12.0 Å². The summed E-state index contributed by atoms with van der Waals surface area (Å²) >= 11 is 0. The number of carbonyl (C=O) groups is 1. The van der Waals surface area contributed by atoms with E-state index in [9.17, 15) is 4.79 Å². The smallest absolute Gasteiger partial charge is 0.338 e. The third-order valence-corrected chi connectivity index (χ3v) is 1.28. The van der Waals surface area contributed by atoms with Crippen LogP contribution in [0.4, 0.5) is 0 Å². The maximum absolute atomic E-state index is 11.0. The molecule has 0 amide bonds. The fourth-order valence-corrected chi connectivity index (χ4v) is 0.789. The molecular formula is C10H11NO3. The number of esters is 1. The van der Waals surface area contributed by atoms with E-state index in [1.165, 1.54) is 0 Å². The van der Waals surface area contributed by atoms with Crippen LogP contribution in [0.1, 0.15) is 17.3 Å². The first-order valence-corrected chi connectivity index (χ1v) is 4.02. The second kappa shape index (κ2) is 7.71. The number of nitrogens with one attached hydrogen (secondary N) is 1. The van der Waals surface area contributed by atoms with Gasteiger partial charge in [0.2, 0.25) is 6.08 Å². The van der Waals surface area contributed by atoms with Crippen LogP contribution in [0.25, 0.3) is 0 Å². The quantitative estimate of drug-likeness (QED) is 0.442. The summed E-state index contributed by atoms with van der Waals surface area (Å²) in [6.07, 6.45) is 0.750. The van der Waals surface area contributed by atoms with Crippen LogP contribution in [-0.4, -0.2) is 18.7 Å².